The predicted octanol–water partition coefficient (Wildman–Crippen LogP) is 1.68. The second-order valence-corrected chi connectivity index (χ2v) is 4.44. The molecule has 0 aliphatic carbocycles. The average Bonchev–Trinajstić information content (AvgIpc) is 2.82. The molecule has 0 spiro atoms. The van der Waals surface area contributed by atoms with Crippen LogP contribution in [0, 0.1) is 0 Å². The summed E-state index contributed by atoms with van der Waals surface area (Å²) in [4.78, 5) is 18.0. The molecule has 1 fully saturated rings. The van der Waals surface area contributed by atoms with Crippen LogP contribution in [0.3, 0.4) is 0 Å². The van der Waals surface area contributed by atoms with E-state index in [0.29, 0.717) is 0 Å². The molecule has 1 amide bonds. The fourth-order valence-electron chi connectivity index (χ4n) is 1.88. The lowest BCUT2D eigenvalue weighted by molar-refractivity contribution is -0.117. The summed E-state index contributed by atoms with van der Waals surface area (Å²) in [5.74, 6) is 0.876. The maximum absolute atomic E-state index is 11.9. The Hall–Kier alpha value is -1.04. The van der Waals surface area contributed by atoms with Gasteiger partial charge in [0.1, 0.15) is 5.82 Å². The van der Waals surface area contributed by atoms with E-state index in [4.69, 9.17) is 0 Å². The van der Waals surface area contributed by atoms with Crippen LogP contribution in [0.15, 0.2) is 18.3 Å². The van der Waals surface area contributed by atoms with Crippen molar-refractivity contribution in [2.24, 2.45) is 0 Å². The second-order valence-electron chi connectivity index (χ2n) is 4.44. The van der Waals surface area contributed by atoms with Crippen molar-refractivity contribution in [3.05, 3.63) is 18.3 Å². The van der Waals surface area contributed by atoms with Crippen molar-refractivity contribution in [3.63, 3.8) is 0 Å². The molecule has 1 aromatic heterocycles. The smallest absolute Gasteiger partial charge is 0.241 e. The van der Waals surface area contributed by atoms with Crippen LogP contribution in [0.4, 0.5) is 11.5 Å². The molecule has 1 atom stereocenters. The van der Waals surface area contributed by atoms with Crippen molar-refractivity contribution in [2.45, 2.75) is 18.9 Å². The molecule has 2 heterocycles. The average molecular weight is 307 g/mol. The molecule has 2 rings (SSSR count). The van der Waals surface area contributed by atoms with Crippen molar-refractivity contribution in [1.29, 1.82) is 0 Å². The predicted molar refractivity (Wildman–Crippen MR) is 82.7 cm³/mol. The standard InChI is InChI=1S/C12H18N4O.2ClH/c1-16(2)11-8-9(5-7-14-11)15-12(17)10-4-3-6-13-10;;/h5,7-8,10,13H,3-4,6H2,1-2H3,(H,14,15,17);2*1H. The van der Waals surface area contributed by atoms with E-state index in [1.165, 1.54) is 0 Å². The molecule has 0 saturated carbocycles. The minimum Gasteiger partial charge on any atom is -0.363 e. The van der Waals surface area contributed by atoms with E-state index in [2.05, 4.69) is 15.6 Å². The third-order valence-electron chi connectivity index (χ3n) is 2.85. The highest BCUT2D eigenvalue weighted by molar-refractivity contribution is 5.95. The zero-order chi connectivity index (χ0) is 12.3. The van der Waals surface area contributed by atoms with Crippen molar-refractivity contribution in [3.8, 4) is 0 Å². The Morgan fingerprint density at radius 2 is 2.21 bits per heavy atom. The molecule has 108 valence electrons. The molecule has 1 saturated heterocycles. The van der Waals surface area contributed by atoms with E-state index in [0.717, 1.165) is 30.9 Å². The summed E-state index contributed by atoms with van der Waals surface area (Å²) in [5.41, 5.74) is 0.794. The lowest BCUT2D eigenvalue weighted by Crippen LogP contribution is -2.35. The van der Waals surface area contributed by atoms with Gasteiger partial charge in [0.2, 0.25) is 5.91 Å². The summed E-state index contributed by atoms with van der Waals surface area (Å²) in [7, 11) is 3.85. The number of pyridine rings is 1. The lowest BCUT2D eigenvalue weighted by atomic mass is 10.2. The van der Waals surface area contributed by atoms with E-state index >= 15 is 0 Å². The third-order valence-corrected chi connectivity index (χ3v) is 2.85. The Balaban J connectivity index is 0.00000162. The van der Waals surface area contributed by atoms with Crippen molar-refractivity contribution in [2.75, 3.05) is 30.9 Å². The minimum absolute atomic E-state index is 0. The number of carbonyl (C=O) groups excluding carboxylic acids is 1. The fraction of sp³-hybridized carbons (Fsp3) is 0.500. The Morgan fingerprint density at radius 3 is 2.79 bits per heavy atom. The first-order valence-corrected chi connectivity index (χ1v) is 5.84. The number of nitrogens with one attached hydrogen (secondary N) is 2. The topological polar surface area (TPSA) is 57.3 Å². The van der Waals surface area contributed by atoms with Crippen molar-refractivity contribution >= 4 is 42.2 Å². The Bertz CT molecular complexity index is 408. The number of nitrogens with zero attached hydrogens (tertiary/aromatic N) is 2. The number of halogens is 2. The molecule has 5 nitrogen and oxygen atoms in total. The summed E-state index contributed by atoms with van der Waals surface area (Å²) in [6, 6.07) is 3.62. The van der Waals surface area contributed by atoms with Gasteiger partial charge in [-0.2, -0.15) is 0 Å². The highest BCUT2D eigenvalue weighted by Gasteiger charge is 2.21. The van der Waals surface area contributed by atoms with Crippen LogP contribution in [0.2, 0.25) is 0 Å². The summed E-state index contributed by atoms with van der Waals surface area (Å²) < 4.78 is 0. The van der Waals surface area contributed by atoms with E-state index in [1.807, 2.05) is 25.1 Å². The largest absolute Gasteiger partial charge is 0.363 e. The van der Waals surface area contributed by atoms with Gasteiger partial charge in [-0.15, -0.1) is 24.8 Å². The van der Waals surface area contributed by atoms with Gasteiger partial charge in [0.15, 0.2) is 0 Å². The highest BCUT2D eigenvalue weighted by Crippen LogP contribution is 2.15. The van der Waals surface area contributed by atoms with Gasteiger partial charge in [0.25, 0.3) is 0 Å². The quantitative estimate of drug-likeness (QED) is 0.892. The van der Waals surface area contributed by atoms with Gasteiger partial charge in [-0.25, -0.2) is 4.98 Å². The van der Waals surface area contributed by atoms with Crippen LogP contribution >= 0.6 is 24.8 Å². The van der Waals surface area contributed by atoms with Gasteiger partial charge < -0.3 is 15.5 Å². The zero-order valence-corrected chi connectivity index (χ0v) is 12.7. The number of hydrogen-bond donors (Lipinski definition) is 2. The summed E-state index contributed by atoms with van der Waals surface area (Å²) in [5, 5.41) is 6.09. The number of amides is 1. The molecule has 1 aliphatic heterocycles. The molecule has 2 N–H and O–H groups in total. The van der Waals surface area contributed by atoms with E-state index in [1.54, 1.807) is 12.3 Å². The van der Waals surface area contributed by atoms with Gasteiger partial charge in [0, 0.05) is 32.0 Å². The van der Waals surface area contributed by atoms with Crippen LogP contribution in [0.1, 0.15) is 12.8 Å². The first-order valence-electron chi connectivity index (χ1n) is 5.84. The van der Waals surface area contributed by atoms with Gasteiger partial charge in [-0.05, 0) is 25.5 Å². The van der Waals surface area contributed by atoms with E-state index < -0.39 is 0 Å². The van der Waals surface area contributed by atoms with Crippen molar-refractivity contribution in [1.82, 2.24) is 10.3 Å². The molecule has 1 unspecified atom stereocenters. The molecule has 1 aromatic rings. The maximum Gasteiger partial charge on any atom is 0.241 e. The molecule has 0 bridgehead atoms. The molecule has 7 heteroatoms. The number of anilines is 2. The summed E-state index contributed by atoms with van der Waals surface area (Å²) in [6.45, 7) is 0.928. The molecular formula is C12H20Cl2N4O. The number of rotatable bonds is 3. The summed E-state index contributed by atoms with van der Waals surface area (Å²) in [6.07, 6.45) is 3.68. The zero-order valence-electron chi connectivity index (χ0n) is 11.0. The maximum atomic E-state index is 11.9. The molecule has 1 aliphatic rings. The minimum atomic E-state index is -0.0500. The Labute approximate surface area is 126 Å². The van der Waals surface area contributed by atoms with Crippen LogP contribution in [-0.4, -0.2) is 37.6 Å². The van der Waals surface area contributed by atoms with Gasteiger partial charge in [0.05, 0.1) is 6.04 Å². The first-order chi connectivity index (χ1) is 8.16. The first kappa shape index (κ1) is 18.0. The van der Waals surface area contributed by atoms with Crippen LogP contribution < -0.4 is 15.5 Å². The Morgan fingerprint density at radius 1 is 1.47 bits per heavy atom. The van der Waals surface area contributed by atoms with E-state index in [9.17, 15) is 4.79 Å². The fourth-order valence-corrected chi connectivity index (χ4v) is 1.88. The second kappa shape index (κ2) is 8.19. The van der Waals surface area contributed by atoms with E-state index in [-0.39, 0.29) is 36.8 Å². The molecular weight excluding hydrogens is 287 g/mol. The monoisotopic (exact) mass is 306 g/mol. The third kappa shape index (κ3) is 4.86. The SMILES string of the molecule is CN(C)c1cc(NC(=O)C2CCCN2)ccn1.Cl.Cl. The molecule has 0 radical (unpaired) electrons. The highest BCUT2D eigenvalue weighted by atomic mass is 35.5. The lowest BCUT2D eigenvalue weighted by Gasteiger charge is -2.14. The van der Waals surface area contributed by atoms with Gasteiger partial charge >= 0.3 is 0 Å². The number of carbonyl (C=O) groups is 1. The molecule has 0 aromatic carbocycles. The normalized spacial score (nSPS) is 17.1. The van der Waals surface area contributed by atoms with Crippen LogP contribution in [0.25, 0.3) is 0 Å². The van der Waals surface area contributed by atoms with Crippen LogP contribution in [-0.2, 0) is 4.79 Å². The van der Waals surface area contributed by atoms with Crippen molar-refractivity contribution < 1.29 is 4.79 Å². The van der Waals surface area contributed by atoms with Gasteiger partial charge in [-0.1, -0.05) is 0 Å². The van der Waals surface area contributed by atoms with Crippen LogP contribution in [0.5, 0.6) is 0 Å². The van der Waals surface area contributed by atoms with Gasteiger partial charge in [-0.3, -0.25) is 4.79 Å². The number of aromatic nitrogens is 1. The Kier molecular flexibility index (Phi) is 7.75. The number of hydrogen-bond acceptors (Lipinski definition) is 4. The molecule has 19 heavy (non-hydrogen) atoms. The summed E-state index contributed by atoms with van der Waals surface area (Å²) >= 11 is 0.